The number of hydrogen-bond acceptors (Lipinski definition) is 4. The molecule has 1 N–H and O–H groups in total. The topological polar surface area (TPSA) is 59.8 Å². The lowest BCUT2D eigenvalue weighted by atomic mass is 9.69. The highest BCUT2D eigenvalue weighted by Gasteiger charge is 2.62. The van der Waals surface area contributed by atoms with Crippen LogP contribution in [0.5, 0.6) is 0 Å². The second kappa shape index (κ2) is 5.90. The van der Waals surface area contributed by atoms with E-state index in [1.807, 2.05) is 47.2 Å². The van der Waals surface area contributed by atoms with Crippen LogP contribution in [0.15, 0.2) is 53.5 Å². The Hall–Kier alpha value is -2.69. The monoisotopic (exact) mass is 374 g/mol. The molecule has 2 saturated carbocycles. The van der Waals surface area contributed by atoms with E-state index in [4.69, 9.17) is 4.98 Å². The highest BCUT2D eigenvalue weighted by Crippen LogP contribution is 2.69. The third-order valence-corrected chi connectivity index (χ3v) is 7.76. The summed E-state index contributed by atoms with van der Waals surface area (Å²) in [7, 11) is 0. The summed E-state index contributed by atoms with van der Waals surface area (Å²) in [5.74, 6) is 1.18. The minimum Gasteiger partial charge on any atom is -0.324 e. The summed E-state index contributed by atoms with van der Waals surface area (Å²) < 4.78 is 1.95. The van der Waals surface area contributed by atoms with Crippen LogP contribution in [0.2, 0.25) is 0 Å². The predicted molar refractivity (Wildman–Crippen MR) is 112 cm³/mol. The van der Waals surface area contributed by atoms with Crippen molar-refractivity contribution in [3.8, 4) is 0 Å². The van der Waals surface area contributed by atoms with Gasteiger partial charge in [0, 0.05) is 29.4 Å². The van der Waals surface area contributed by atoms with Crippen molar-refractivity contribution < 1.29 is 0 Å². The van der Waals surface area contributed by atoms with Crippen LogP contribution in [0, 0.1) is 16.7 Å². The van der Waals surface area contributed by atoms with Crippen LogP contribution in [-0.4, -0.2) is 14.5 Å². The van der Waals surface area contributed by atoms with Gasteiger partial charge in [0.15, 0.2) is 0 Å². The number of nitrogens with one attached hydrogen (secondary N) is 1. The summed E-state index contributed by atoms with van der Waals surface area (Å²) in [6.07, 6.45) is 5.28. The molecule has 144 valence electrons. The first-order valence-corrected chi connectivity index (χ1v) is 10.1. The number of para-hydroxylation sites is 1. The maximum absolute atomic E-state index is 13.0. The molecule has 0 saturated heterocycles. The number of pyridine rings is 1. The van der Waals surface area contributed by atoms with Gasteiger partial charge in [-0.2, -0.15) is 4.98 Å². The molecule has 1 aromatic carbocycles. The first kappa shape index (κ1) is 17.4. The number of aromatic nitrogens is 3. The zero-order valence-corrected chi connectivity index (χ0v) is 16.6. The van der Waals surface area contributed by atoms with Gasteiger partial charge in [-0.05, 0) is 54.2 Å². The molecule has 2 aromatic heterocycles. The van der Waals surface area contributed by atoms with Crippen LogP contribution in [0.4, 0.5) is 11.6 Å². The van der Waals surface area contributed by atoms with Gasteiger partial charge in [-0.1, -0.05) is 39.0 Å². The van der Waals surface area contributed by atoms with E-state index in [2.05, 4.69) is 31.1 Å². The summed E-state index contributed by atoms with van der Waals surface area (Å²) in [4.78, 5) is 22.2. The molecule has 5 heteroatoms. The molecule has 2 aliphatic rings. The van der Waals surface area contributed by atoms with Crippen LogP contribution >= 0.6 is 0 Å². The second-order valence-electron chi connectivity index (χ2n) is 9.13. The lowest BCUT2D eigenvalue weighted by molar-refractivity contribution is 0.107. The van der Waals surface area contributed by atoms with E-state index in [-0.39, 0.29) is 22.4 Å². The number of hydrogen-bond donors (Lipinski definition) is 1. The quantitative estimate of drug-likeness (QED) is 0.707. The maximum atomic E-state index is 13.0. The molecule has 0 aliphatic heterocycles. The fourth-order valence-electron chi connectivity index (χ4n) is 5.60. The van der Waals surface area contributed by atoms with Crippen LogP contribution in [0.1, 0.15) is 46.1 Å². The van der Waals surface area contributed by atoms with Crippen LogP contribution < -0.4 is 10.9 Å². The Labute approximate surface area is 164 Å². The molecule has 5 rings (SSSR count). The Kier molecular flexibility index (Phi) is 3.67. The summed E-state index contributed by atoms with van der Waals surface area (Å²) >= 11 is 0. The van der Waals surface area contributed by atoms with E-state index in [0.717, 1.165) is 23.1 Å². The standard InChI is InChI=1S/C23H26N4O/c1-22(2)16-11-12-23(22,3)18(13-16)27-19(28)10-9-15-14-24-21(26-20(15)27)25-17-7-5-4-6-8-17/h4-10,14,16,18H,11-13H2,1-3H3,(H,24,25,26). The van der Waals surface area contributed by atoms with Crippen molar-refractivity contribution in [2.45, 2.75) is 46.1 Å². The third-order valence-electron chi connectivity index (χ3n) is 7.76. The summed E-state index contributed by atoms with van der Waals surface area (Å²) in [6, 6.07) is 13.5. The van der Waals surface area contributed by atoms with Gasteiger partial charge in [0.25, 0.3) is 5.56 Å². The van der Waals surface area contributed by atoms with Crippen molar-refractivity contribution in [1.82, 2.24) is 14.5 Å². The van der Waals surface area contributed by atoms with E-state index < -0.39 is 0 Å². The molecule has 2 fully saturated rings. The molecule has 0 spiro atoms. The van der Waals surface area contributed by atoms with Gasteiger partial charge >= 0.3 is 0 Å². The molecule has 2 bridgehead atoms. The average molecular weight is 374 g/mol. The van der Waals surface area contributed by atoms with Crippen molar-refractivity contribution in [3.63, 3.8) is 0 Å². The predicted octanol–water partition coefficient (Wildman–Crippen LogP) is 4.92. The fraction of sp³-hybridized carbons (Fsp3) is 0.435. The summed E-state index contributed by atoms with van der Waals surface area (Å²) in [6.45, 7) is 7.11. The van der Waals surface area contributed by atoms with Crippen molar-refractivity contribution in [2.24, 2.45) is 16.7 Å². The Balaban J connectivity index is 1.64. The molecular weight excluding hydrogens is 348 g/mol. The van der Waals surface area contributed by atoms with E-state index in [9.17, 15) is 4.79 Å². The molecule has 5 nitrogen and oxygen atoms in total. The Morgan fingerprint density at radius 3 is 2.57 bits per heavy atom. The maximum Gasteiger partial charge on any atom is 0.252 e. The van der Waals surface area contributed by atoms with Crippen LogP contribution in [-0.2, 0) is 0 Å². The van der Waals surface area contributed by atoms with Gasteiger partial charge in [-0.25, -0.2) is 4.98 Å². The van der Waals surface area contributed by atoms with Crippen molar-refractivity contribution in [2.75, 3.05) is 5.32 Å². The van der Waals surface area contributed by atoms with Crippen molar-refractivity contribution in [1.29, 1.82) is 0 Å². The molecular formula is C23H26N4O. The molecule has 28 heavy (non-hydrogen) atoms. The fourth-order valence-corrected chi connectivity index (χ4v) is 5.60. The largest absolute Gasteiger partial charge is 0.324 e. The SMILES string of the molecule is CC1(C)C2CCC1(C)C(n1c(=O)ccc3cnc(Nc4ccccc4)nc31)C2. The smallest absolute Gasteiger partial charge is 0.252 e. The molecule has 3 aromatic rings. The summed E-state index contributed by atoms with van der Waals surface area (Å²) in [5.41, 5.74) is 2.03. The van der Waals surface area contributed by atoms with Gasteiger partial charge in [-0.3, -0.25) is 9.36 Å². The first-order valence-electron chi connectivity index (χ1n) is 10.1. The molecule has 0 radical (unpaired) electrons. The minimum absolute atomic E-state index is 0.0337. The van der Waals surface area contributed by atoms with Gasteiger partial charge in [-0.15, -0.1) is 0 Å². The normalized spacial score (nSPS) is 28.0. The Morgan fingerprint density at radius 2 is 1.89 bits per heavy atom. The summed E-state index contributed by atoms with van der Waals surface area (Å²) in [5, 5.41) is 4.16. The highest BCUT2D eigenvalue weighted by atomic mass is 16.1. The third kappa shape index (κ3) is 2.35. The number of rotatable bonds is 3. The Bertz CT molecular complexity index is 1100. The first-order chi connectivity index (χ1) is 13.4. The van der Waals surface area contributed by atoms with Gasteiger partial charge in [0.05, 0.1) is 0 Å². The number of fused-ring (bicyclic) bond motifs is 3. The van der Waals surface area contributed by atoms with Crippen LogP contribution in [0.3, 0.4) is 0 Å². The minimum atomic E-state index is 0.0337. The molecule has 3 unspecified atom stereocenters. The number of benzene rings is 1. The lowest BCUT2D eigenvalue weighted by Crippen LogP contribution is -2.38. The van der Waals surface area contributed by atoms with Crippen molar-refractivity contribution >= 4 is 22.7 Å². The zero-order valence-electron chi connectivity index (χ0n) is 16.6. The molecule has 2 heterocycles. The number of anilines is 2. The lowest BCUT2D eigenvalue weighted by Gasteiger charge is -2.40. The van der Waals surface area contributed by atoms with Gasteiger partial charge in [0.1, 0.15) is 5.65 Å². The Morgan fingerprint density at radius 1 is 1.11 bits per heavy atom. The number of nitrogens with zero attached hydrogens (tertiary/aromatic N) is 3. The van der Waals surface area contributed by atoms with Gasteiger partial charge < -0.3 is 5.32 Å². The van der Waals surface area contributed by atoms with E-state index in [1.165, 1.54) is 12.8 Å². The molecule has 2 aliphatic carbocycles. The zero-order chi connectivity index (χ0) is 19.5. The average Bonchev–Trinajstić information content (AvgIpc) is 3.02. The highest BCUT2D eigenvalue weighted by molar-refractivity contribution is 5.76. The van der Waals surface area contributed by atoms with E-state index in [0.29, 0.717) is 11.9 Å². The van der Waals surface area contributed by atoms with Crippen molar-refractivity contribution in [3.05, 3.63) is 59.0 Å². The molecule has 0 amide bonds. The van der Waals surface area contributed by atoms with Crippen LogP contribution in [0.25, 0.3) is 11.0 Å². The van der Waals surface area contributed by atoms with E-state index >= 15 is 0 Å². The van der Waals surface area contributed by atoms with Gasteiger partial charge in [0.2, 0.25) is 5.95 Å². The van der Waals surface area contributed by atoms with E-state index in [1.54, 1.807) is 6.07 Å². The second-order valence-corrected chi connectivity index (χ2v) is 9.13. The molecule has 3 atom stereocenters.